The third-order valence-electron chi connectivity index (χ3n) is 6.46. The number of pyridine rings is 1. The van der Waals surface area contributed by atoms with Crippen LogP contribution in [0.4, 0.5) is 4.39 Å². The maximum absolute atomic E-state index is 13.6. The first-order chi connectivity index (χ1) is 16.5. The quantitative estimate of drug-likeness (QED) is 0.410. The molecule has 9 heteroatoms. The molecular weight excluding hydrogens is 435 g/mol. The average Bonchev–Trinajstić information content (AvgIpc) is 3.42. The number of likely N-dealkylation sites (N-methyl/N-ethyl adjacent to an activating group) is 1. The smallest absolute Gasteiger partial charge is 0.269 e. The highest BCUT2D eigenvalue weighted by Gasteiger charge is 2.20. The number of nitrogens with zero attached hydrogens (tertiary/aromatic N) is 3. The lowest BCUT2D eigenvalue weighted by molar-refractivity contribution is -0.132. The Bertz CT molecular complexity index is 1350. The molecule has 0 unspecified atom stereocenters. The minimum atomic E-state index is -0.287. The highest BCUT2D eigenvalue weighted by atomic mass is 19.1. The molecule has 0 aliphatic carbocycles. The molecule has 0 radical (unpaired) electrons. The number of amides is 2. The van der Waals surface area contributed by atoms with Gasteiger partial charge in [-0.2, -0.15) is 0 Å². The van der Waals surface area contributed by atoms with Gasteiger partial charge in [0.05, 0.1) is 6.42 Å². The van der Waals surface area contributed by atoms with Crippen molar-refractivity contribution in [3.8, 4) is 0 Å². The van der Waals surface area contributed by atoms with Gasteiger partial charge in [0.25, 0.3) is 5.91 Å². The second-order valence-corrected chi connectivity index (χ2v) is 8.78. The molecule has 4 aromatic rings. The SMILES string of the molecule is CN1CCN(C(=O)Cc2c[nH]c3nc(C(=O)NCCc4c[nH]c5ccc(F)cc45)ccc23)CC1. The number of benzene rings is 1. The minimum Gasteiger partial charge on any atom is -0.361 e. The van der Waals surface area contributed by atoms with Crippen molar-refractivity contribution in [1.29, 1.82) is 0 Å². The third-order valence-corrected chi connectivity index (χ3v) is 6.46. The number of carbonyl (C=O) groups excluding carboxylic acids is 2. The molecule has 1 aliphatic heterocycles. The molecule has 1 aromatic carbocycles. The first-order valence-corrected chi connectivity index (χ1v) is 11.4. The van der Waals surface area contributed by atoms with Crippen molar-refractivity contribution in [1.82, 2.24) is 30.1 Å². The first-order valence-electron chi connectivity index (χ1n) is 11.4. The van der Waals surface area contributed by atoms with Gasteiger partial charge < -0.3 is 25.1 Å². The molecule has 3 N–H and O–H groups in total. The highest BCUT2D eigenvalue weighted by molar-refractivity contribution is 5.95. The Labute approximate surface area is 196 Å². The molecule has 0 bridgehead atoms. The van der Waals surface area contributed by atoms with Gasteiger partial charge in [-0.15, -0.1) is 0 Å². The Morgan fingerprint density at radius 3 is 2.65 bits per heavy atom. The van der Waals surface area contributed by atoms with Gasteiger partial charge in [0.15, 0.2) is 0 Å². The maximum atomic E-state index is 13.6. The number of nitrogens with one attached hydrogen (secondary N) is 3. The molecule has 0 spiro atoms. The van der Waals surface area contributed by atoms with Crippen molar-refractivity contribution >= 4 is 33.8 Å². The van der Waals surface area contributed by atoms with Crippen molar-refractivity contribution in [3.63, 3.8) is 0 Å². The van der Waals surface area contributed by atoms with Crippen LogP contribution >= 0.6 is 0 Å². The zero-order valence-electron chi connectivity index (χ0n) is 19.0. The molecule has 1 fully saturated rings. The topological polar surface area (TPSA) is 97.1 Å². The van der Waals surface area contributed by atoms with Crippen LogP contribution in [0.2, 0.25) is 0 Å². The van der Waals surface area contributed by atoms with Crippen LogP contribution in [-0.4, -0.2) is 76.3 Å². The summed E-state index contributed by atoms with van der Waals surface area (Å²) in [6, 6.07) is 8.13. The van der Waals surface area contributed by atoms with E-state index in [1.165, 1.54) is 12.1 Å². The van der Waals surface area contributed by atoms with Crippen LogP contribution in [-0.2, 0) is 17.6 Å². The number of halogens is 1. The largest absolute Gasteiger partial charge is 0.361 e. The molecule has 34 heavy (non-hydrogen) atoms. The summed E-state index contributed by atoms with van der Waals surface area (Å²) in [5.41, 5.74) is 3.57. The first kappa shape index (κ1) is 22.1. The monoisotopic (exact) mass is 462 g/mol. The molecule has 1 aliphatic rings. The summed E-state index contributed by atoms with van der Waals surface area (Å²) in [6.07, 6.45) is 4.51. The fourth-order valence-electron chi connectivity index (χ4n) is 4.42. The third kappa shape index (κ3) is 4.51. The van der Waals surface area contributed by atoms with Gasteiger partial charge in [-0.25, -0.2) is 9.37 Å². The van der Waals surface area contributed by atoms with E-state index in [-0.39, 0.29) is 17.6 Å². The van der Waals surface area contributed by atoms with E-state index >= 15 is 0 Å². The van der Waals surface area contributed by atoms with Gasteiger partial charge in [-0.05, 0) is 54.9 Å². The number of carbonyl (C=O) groups is 2. The van der Waals surface area contributed by atoms with Crippen molar-refractivity contribution in [2.45, 2.75) is 12.8 Å². The summed E-state index contributed by atoms with van der Waals surface area (Å²) in [5, 5.41) is 4.54. The Kier molecular flexibility index (Phi) is 6.02. The van der Waals surface area contributed by atoms with Gasteiger partial charge in [0.2, 0.25) is 5.91 Å². The van der Waals surface area contributed by atoms with Gasteiger partial charge in [-0.3, -0.25) is 9.59 Å². The summed E-state index contributed by atoms with van der Waals surface area (Å²) >= 11 is 0. The molecule has 3 aromatic heterocycles. The number of aromatic nitrogens is 3. The number of piperazine rings is 1. The van der Waals surface area contributed by atoms with Crippen molar-refractivity contribution in [3.05, 3.63) is 65.4 Å². The van der Waals surface area contributed by atoms with Crippen LogP contribution in [0.5, 0.6) is 0 Å². The summed E-state index contributed by atoms with van der Waals surface area (Å²) < 4.78 is 13.6. The van der Waals surface area contributed by atoms with E-state index in [2.05, 4.69) is 32.2 Å². The van der Waals surface area contributed by atoms with E-state index in [0.29, 0.717) is 30.7 Å². The predicted octanol–water partition coefficient (Wildman–Crippen LogP) is 2.47. The zero-order valence-corrected chi connectivity index (χ0v) is 19.0. The van der Waals surface area contributed by atoms with Crippen LogP contribution in [0.15, 0.2) is 42.7 Å². The second kappa shape index (κ2) is 9.26. The van der Waals surface area contributed by atoms with E-state index in [4.69, 9.17) is 0 Å². The standard InChI is InChI=1S/C25H27FN6O2/c1-31-8-10-32(11-9-31)23(33)12-17-15-29-24-19(17)3-5-22(30-24)25(34)27-7-6-16-14-28-21-4-2-18(26)13-20(16)21/h2-5,13-15,28H,6-12H2,1H3,(H,27,34)(H,29,30). The zero-order chi connectivity index (χ0) is 23.7. The van der Waals surface area contributed by atoms with Gasteiger partial charge in [-0.1, -0.05) is 0 Å². The molecule has 1 saturated heterocycles. The van der Waals surface area contributed by atoms with E-state index < -0.39 is 0 Å². The van der Waals surface area contributed by atoms with Crippen molar-refractivity contribution in [2.75, 3.05) is 39.8 Å². The number of H-pyrrole nitrogens is 2. The average molecular weight is 463 g/mol. The Balaban J connectivity index is 1.20. The molecule has 8 nitrogen and oxygen atoms in total. The van der Waals surface area contributed by atoms with E-state index in [1.54, 1.807) is 18.3 Å². The molecule has 0 saturated carbocycles. The fourth-order valence-corrected chi connectivity index (χ4v) is 4.42. The molecule has 4 heterocycles. The lowest BCUT2D eigenvalue weighted by Gasteiger charge is -2.32. The number of hydrogen-bond donors (Lipinski definition) is 3. The maximum Gasteiger partial charge on any atom is 0.269 e. The molecule has 176 valence electrons. The van der Waals surface area contributed by atoms with E-state index in [1.807, 2.05) is 17.2 Å². The summed E-state index contributed by atoms with van der Waals surface area (Å²) in [4.78, 5) is 40.1. The van der Waals surface area contributed by atoms with Gasteiger partial charge >= 0.3 is 0 Å². The Morgan fingerprint density at radius 2 is 1.82 bits per heavy atom. The molecular formula is C25H27FN6O2. The lowest BCUT2D eigenvalue weighted by atomic mass is 10.1. The molecule has 5 rings (SSSR count). The minimum absolute atomic E-state index is 0.105. The number of fused-ring (bicyclic) bond motifs is 2. The lowest BCUT2D eigenvalue weighted by Crippen LogP contribution is -2.47. The Morgan fingerprint density at radius 1 is 1.03 bits per heavy atom. The van der Waals surface area contributed by atoms with Crippen LogP contribution in [0.1, 0.15) is 21.6 Å². The number of hydrogen-bond acceptors (Lipinski definition) is 4. The van der Waals surface area contributed by atoms with Crippen LogP contribution in [0, 0.1) is 5.82 Å². The van der Waals surface area contributed by atoms with Crippen molar-refractivity contribution in [2.24, 2.45) is 0 Å². The van der Waals surface area contributed by atoms with Gasteiger partial charge in [0.1, 0.15) is 17.2 Å². The fraction of sp³-hybridized carbons (Fsp3) is 0.320. The summed E-state index contributed by atoms with van der Waals surface area (Å²) in [5.74, 6) is -0.462. The Hall–Kier alpha value is -3.72. The number of aromatic amines is 2. The van der Waals surface area contributed by atoms with Crippen LogP contribution in [0.25, 0.3) is 21.9 Å². The van der Waals surface area contributed by atoms with E-state index in [9.17, 15) is 14.0 Å². The molecule has 0 atom stereocenters. The summed E-state index contributed by atoms with van der Waals surface area (Å²) in [6.45, 7) is 3.66. The van der Waals surface area contributed by atoms with Crippen LogP contribution in [0.3, 0.4) is 0 Å². The summed E-state index contributed by atoms with van der Waals surface area (Å²) in [7, 11) is 2.06. The van der Waals surface area contributed by atoms with Gasteiger partial charge in [0, 0.05) is 61.4 Å². The molecule has 2 amide bonds. The number of rotatable bonds is 6. The highest BCUT2D eigenvalue weighted by Crippen LogP contribution is 2.20. The predicted molar refractivity (Wildman–Crippen MR) is 128 cm³/mol. The van der Waals surface area contributed by atoms with Crippen molar-refractivity contribution < 1.29 is 14.0 Å². The second-order valence-electron chi connectivity index (χ2n) is 8.78. The normalized spacial score (nSPS) is 14.7. The van der Waals surface area contributed by atoms with E-state index in [0.717, 1.165) is 53.6 Å². The van der Waals surface area contributed by atoms with Crippen LogP contribution < -0.4 is 5.32 Å².